The van der Waals surface area contributed by atoms with Crippen LogP contribution in [0.25, 0.3) is 16.6 Å². The van der Waals surface area contributed by atoms with Crippen molar-refractivity contribution < 1.29 is 19.5 Å². The highest BCUT2D eigenvalue weighted by molar-refractivity contribution is 6.13. The molecule has 6 heterocycles. The van der Waals surface area contributed by atoms with E-state index in [4.69, 9.17) is 24.9 Å². The van der Waals surface area contributed by atoms with Crippen LogP contribution in [-0.2, 0) is 16.1 Å². The van der Waals surface area contributed by atoms with Gasteiger partial charge in [-0.15, -0.1) is 0 Å². The number of hydrogen-bond acceptors (Lipinski definition) is 10. The summed E-state index contributed by atoms with van der Waals surface area (Å²) in [4.78, 5) is 60.8. The molecule has 2 atom stereocenters. The van der Waals surface area contributed by atoms with E-state index in [0.717, 1.165) is 84.9 Å². The highest BCUT2D eigenvalue weighted by Gasteiger charge is 2.43. The number of imide groups is 1. The number of likely N-dealkylation sites (N-methyl/N-ethyl adjacent to an activating group) is 2. The topological polar surface area (TPSA) is 152 Å². The zero-order chi connectivity index (χ0) is 36.1. The number of carboxylic acid groups (broad SMARTS) is 1. The lowest BCUT2D eigenvalue weighted by molar-refractivity contribution is -0.124. The van der Waals surface area contributed by atoms with E-state index in [9.17, 15) is 9.59 Å². The van der Waals surface area contributed by atoms with E-state index in [-0.39, 0.29) is 25.0 Å². The van der Waals surface area contributed by atoms with Gasteiger partial charge < -0.3 is 24.6 Å². The molecule has 0 radical (unpaired) electrons. The summed E-state index contributed by atoms with van der Waals surface area (Å²) in [5.41, 5.74) is 8.67. The summed E-state index contributed by atoms with van der Waals surface area (Å²) in [7, 11) is 3.72. The van der Waals surface area contributed by atoms with Gasteiger partial charge >= 0.3 is 6.03 Å². The summed E-state index contributed by atoms with van der Waals surface area (Å²) in [6.07, 6.45) is 9.27. The van der Waals surface area contributed by atoms with E-state index in [0.29, 0.717) is 35.6 Å². The normalized spacial score (nSPS) is 20.4. The number of fused-ring (bicyclic) bond motifs is 2. The molecule has 4 fully saturated rings. The molecule has 52 heavy (non-hydrogen) atoms. The second kappa shape index (κ2) is 13.5. The molecule has 1 aromatic carbocycles. The molecule has 2 N–H and O–H groups in total. The van der Waals surface area contributed by atoms with Crippen LogP contribution < -0.4 is 15.1 Å². The van der Waals surface area contributed by atoms with Crippen molar-refractivity contribution in [1.82, 2.24) is 34.1 Å². The Bertz CT molecular complexity index is 2190. The number of nitrogens with one attached hydrogen (secondary N) is 1. The molecule has 9 rings (SSSR count). The molecule has 0 spiro atoms. The fraction of sp³-hybridized carbons (Fsp3) is 0.395. The maximum Gasteiger partial charge on any atom is 0.331 e. The Balaban J connectivity index is 0.00000125. The van der Waals surface area contributed by atoms with Gasteiger partial charge in [0.15, 0.2) is 5.65 Å². The third kappa shape index (κ3) is 6.49. The largest absolute Gasteiger partial charge is 0.483 e. The minimum atomic E-state index is -0.314. The van der Waals surface area contributed by atoms with E-state index in [2.05, 4.69) is 57.6 Å². The van der Waals surface area contributed by atoms with Crippen LogP contribution in [0, 0.1) is 6.92 Å². The van der Waals surface area contributed by atoms with Crippen molar-refractivity contribution in [3.63, 3.8) is 0 Å². The second-order valence-electron chi connectivity index (χ2n) is 14.3. The second-order valence-corrected chi connectivity index (χ2v) is 14.3. The SMILES string of the molecule is Cc1ccnc([C@H]2C[C@@H]2c2cc(N3CCN(C)CC3)c3ccc(NCc4cn5cc(C6CC6)cc(N6CC(=O)N(C)C6=O)c5n4)cc3n2)n1.O=CO. The van der Waals surface area contributed by atoms with Gasteiger partial charge in [-0.2, -0.15) is 0 Å². The Morgan fingerprint density at radius 2 is 1.73 bits per heavy atom. The molecule has 2 saturated heterocycles. The third-order valence-corrected chi connectivity index (χ3v) is 10.6. The summed E-state index contributed by atoms with van der Waals surface area (Å²) in [5.74, 6) is 1.79. The van der Waals surface area contributed by atoms with Crippen LogP contribution in [0.5, 0.6) is 0 Å². The summed E-state index contributed by atoms with van der Waals surface area (Å²) >= 11 is 0. The molecule has 2 aliphatic carbocycles. The van der Waals surface area contributed by atoms with Gasteiger partial charge in [0.05, 0.1) is 23.4 Å². The zero-order valence-corrected chi connectivity index (χ0v) is 29.6. The maximum absolute atomic E-state index is 13.0. The van der Waals surface area contributed by atoms with Crippen LogP contribution in [0.3, 0.4) is 0 Å². The first-order valence-corrected chi connectivity index (χ1v) is 17.8. The van der Waals surface area contributed by atoms with Crippen molar-refractivity contribution >= 4 is 52.0 Å². The first-order valence-electron chi connectivity index (χ1n) is 17.8. The quantitative estimate of drug-likeness (QED) is 0.173. The number of anilines is 3. The van der Waals surface area contributed by atoms with E-state index in [1.54, 1.807) is 4.90 Å². The van der Waals surface area contributed by atoms with Gasteiger partial charge in [0.1, 0.15) is 12.4 Å². The number of rotatable bonds is 8. The number of carbonyl (C=O) groups is 3. The number of nitrogens with zero attached hydrogens (tertiary/aromatic N) is 9. The number of aryl methyl sites for hydroxylation is 1. The first-order chi connectivity index (χ1) is 25.2. The average molecular weight is 703 g/mol. The number of hydrogen-bond donors (Lipinski definition) is 2. The molecule has 14 nitrogen and oxygen atoms in total. The van der Waals surface area contributed by atoms with Crippen molar-refractivity contribution in [2.24, 2.45) is 0 Å². The highest BCUT2D eigenvalue weighted by Crippen LogP contribution is 2.54. The predicted octanol–water partition coefficient (Wildman–Crippen LogP) is 4.59. The maximum atomic E-state index is 13.0. The molecule has 0 unspecified atom stereocenters. The molecule has 0 bridgehead atoms. The molecule has 4 aliphatic rings. The minimum Gasteiger partial charge on any atom is -0.483 e. The van der Waals surface area contributed by atoms with Gasteiger partial charge in [-0.3, -0.25) is 24.4 Å². The fourth-order valence-electron chi connectivity index (χ4n) is 7.35. The van der Waals surface area contributed by atoms with Gasteiger partial charge in [0.2, 0.25) is 5.91 Å². The Hall–Kier alpha value is -5.63. The average Bonchev–Trinajstić information content (AvgIpc) is 4.08. The molecular formula is C38H42N10O4. The molecular weight excluding hydrogens is 660 g/mol. The molecule has 2 saturated carbocycles. The van der Waals surface area contributed by atoms with Gasteiger partial charge in [0, 0.05) is 91.8 Å². The smallest absolute Gasteiger partial charge is 0.331 e. The van der Waals surface area contributed by atoms with Gasteiger partial charge in [-0.05, 0) is 81.1 Å². The molecule has 2 aliphatic heterocycles. The standard InChI is InChI=1S/C37H40N10O2.CH2O2/c1-22-8-9-38-35(40-22)29-16-28(29)31-17-32(45-12-10-43(2)11-13-45)27-7-6-25(15-30(27)42-31)39-18-26-20-46-19-24(23-4-5-23)14-33(36(46)41-26)47-21-34(48)44(3)37(47)49;2-1-3/h6-9,14-15,17,19-20,23,28-29,39H,4-5,10-13,16,18,21H2,1-3H3;1H,(H,2,3)/t28-,29-;/m0./s1. The number of amides is 3. The van der Waals surface area contributed by atoms with Crippen molar-refractivity contribution in [1.29, 1.82) is 0 Å². The van der Waals surface area contributed by atoms with Crippen molar-refractivity contribution in [3.05, 3.63) is 83.5 Å². The van der Waals surface area contributed by atoms with Gasteiger partial charge in [-0.1, -0.05) is 0 Å². The van der Waals surface area contributed by atoms with E-state index < -0.39 is 0 Å². The Kier molecular flexibility index (Phi) is 8.69. The van der Waals surface area contributed by atoms with Crippen LogP contribution >= 0.6 is 0 Å². The Morgan fingerprint density at radius 1 is 0.942 bits per heavy atom. The van der Waals surface area contributed by atoms with Crippen molar-refractivity contribution in [2.45, 2.75) is 50.5 Å². The molecule has 4 aromatic heterocycles. The number of aromatic nitrogens is 5. The summed E-state index contributed by atoms with van der Waals surface area (Å²) in [6, 6.07) is 12.4. The Morgan fingerprint density at radius 3 is 2.44 bits per heavy atom. The molecule has 3 amide bonds. The zero-order valence-electron chi connectivity index (χ0n) is 29.6. The summed E-state index contributed by atoms with van der Waals surface area (Å²) in [5, 5.41) is 11.6. The van der Waals surface area contributed by atoms with Crippen LogP contribution in [0.2, 0.25) is 0 Å². The lowest BCUT2D eigenvalue weighted by Crippen LogP contribution is -2.44. The lowest BCUT2D eigenvalue weighted by Gasteiger charge is -2.35. The van der Waals surface area contributed by atoms with Crippen LogP contribution in [0.1, 0.15) is 65.5 Å². The monoisotopic (exact) mass is 702 g/mol. The number of benzene rings is 1. The van der Waals surface area contributed by atoms with Crippen molar-refractivity contribution in [2.75, 3.05) is 61.9 Å². The van der Waals surface area contributed by atoms with E-state index in [1.165, 1.54) is 23.2 Å². The van der Waals surface area contributed by atoms with E-state index in [1.807, 2.05) is 35.9 Å². The minimum absolute atomic E-state index is 0.0291. The highest BCUT2D eigenvalue weighted by atomic mass is 16.3. The number of pyridine rings is 2. The third-order valence-electron chi connectivity index (χ3n) is 10.6. The molecule has 14 heteroatoms. The molecule has 268 valence electrons. The fourth-order valence-corrected chi connectivity index (χ4v) is 7.35. The number of imidazole rings is 1. The van der Waals surface area contributed by atoms with Crippen LogP contribution in [0.4, 0.5) is 21.9 Å². The van der Waals surface area contributed by atoms with E-state index >= 15 is 0 Å². The first kappa shape index (κ1) is 33.5. The Labute approximate surface area is 301 Å². The van der Waals surface area contributed by atoms with Crippen molar-refractivity contribution in [3.8, 4) is 0 Å². The van der Waals surface area contributed by atoms with Gasteiger partial charge in [-0.25, -0.2) is 19.7 Å². The molecule has 5 aromatic rings. The van der Waals surface area contributed by atoms with Crippen LogP contribution in [-0.4, -0.2) is 104 Å². The predicted molar refractivity (Wildman–Crippen MR) is 197 cm³/mol. The number of piperazine rings is 1. The summed E-state index contributed by atoms with van der Waals surface area (Å²) in [6.45, 7) is 6.32. The number of urea groups is 1. The van der Waals surface area contributed by atoms with Gasteiger partial charge in [0.25, 0.3) is 6.47 Å². The number of carbonyl (C=O) groups excluding carboxylic acids is 2. The lowest BCUT2D eigenvalue weighted by atomic mass is 10.1. The van der Waals surface area contributed by atoms with Crippen LogP contribution in [0.15, 0.2) is 55.0 Å². The summed E-state index contributed by atoms with van der Waals surface area (Å²) < 4.78 is 2.01.